The van der Waals surface area contributed by atoms with Crippen molar-refractivity contribution < 1.29 is 14.7 Å². The molecule has 0 bridgehead atoms. The largest absolute Gasteiger partial charge is 0.481 e. The number of rotatable bonds is 6. The highest BCUT2D eigenvalue weighted by Gasteiger charge is 2.27. The van der Waals surface area contributed by atoms with Crippen molar-refractivity contribution in [3.05, 3.63) is 0 Å². The molecular weight excluding hydrogens is 252 g/mol. The van der Waals surface area contributed by atoms with Crippen molar-refractivity contribution in [1.29, 1.82) is 0 Å². The van der Waals surface area contributed by atoms with Gasteiger partial charge < -0.3 is 10.0 Å². The van der Waals surface area contributed by atoms with Crippen molar-refractivity contribution in [1.82, 2.24) is 9.80 Å². The zero-order valence-electron chi connectivity index (χ0n) is 11.1. The first-order valence-corrected chi connectivity index (χ1v) is 7.62. The van der Waals surface area contributed by atoms with E-state index in [1.54, 1.807) is 16.7 Å². The lowest BCUT2D eigenvalue weighted by molar-refractivity contribution is -0.145. The van der Waals surface area contributed by atoms with E-state index in [4.69, 9.17) is 5.11 Å². The van der Waals surface area contributed by atoms with E-state index in [0.717, 1.165) is 12.3 Å². The van der Waals surface area contributed by atoms with Crippen LogP contribution in [-0.2, 0) is 9.59 Å². The van der Waals surface area contributed by atoms with Gasteiger partial charge in [0.1, 0.15) is 0 Å². The number of carboxylic acid groups (broad SMARTS) is 1. The number of likely N-dealkylation sites (N-methyl/N-ethyl adjacent to an activating group) is 1. The molecule has 0 aromatic carbocycles. The first-order valence-electron chi connectivity index (χ1n) is 6.22. The maximum absolute atomic E-state index is 12.0. The van der Waals surface area contributed by atoms with Crippen LogP contribution in [0.25, 0.3) is 0 Å². The van der Waals surface area contributed by atoms with Gasteiger partial charge >= 0.3 is 5.97 Å². The van der Waals surface area contributed by atoms with E-state index in [-0.39, 0.29) is 11.8 Å². The number of nitrogens with zero attached hydrogens (tertiary/aromatic N) is 2. The number of amides is 1. The molecule has 6 heteroatoms. The van der Waals surface area contributed by atoms with Gasteiger partial charge in [0.2, 0.25) is 5.91 Å². The number of hydrogen-bond donors (Lipinski definition) is 1. The van der Waals surface area contributed by atoms with Crippen molar-refractivity contribution in [3.8, 4) is 0 Å². The summed E-state index contributed by atoms with van der Waals surface area (Å²) in [6, 6.07) is 0. The summed E-state index contributed by atoms with van der Waals surface area (Å²) < 4.78 is 0. The molecule has 1 amide bonds. The van der Waals surface area contributed by atoms with Crippen molar-refractivity contribution in [2.75, 3.05) is 45.2 Å². The lowest BCUT2D eigenvalue weighted by atomic mass is 9.97. The SMILES string of the molecule is CSCCN(C)CC(=O)N1CCC(C(=O)O)CC1. The van der Waals surface area contributed by atoms with E-state index in [1.807, 2.05) is 18.2 Å². The predicted molar refractivity (Wildman–Crippen MR) is 72.8 cm³/mol. The van der Waals surface area contributed by atoms with Crippen LogP contribution < -0.4 is 0 Å². The molecule has 0 aromatic rings. The molecule has 0 radical (unpaired) electrons. The van der Waals surface area contributed by atoms with Gasteiger partial charge in [-0.15, -0.1) is 0 Å². The highest BCUT2D eigenvalue weighted by molar-refractivity contribution is 7.98. The normalized spacial score (nSPS) is 17.2. The Kier molecular flexibility index (Phi) is 6.49. The quantitative estimate of drug-likeness (QED) is 0.769. The molecule has 0 saturated carbocycles. The third kappa shape index (κ3) is 4.86. The van der Waals surface area contributed by atoms with Gasteiger partial charge in [0.25, 0.3) is 0 Å². The Labute approximate surface area is 113 Å². The smallest absolute Gasteiger partial charge is 0.306 e. The second kappa shape index (κ2) is 7.63. The fourth-order valence-electron chi connectivity index (χ4n) is 2.03. The minimum atomic E-state index is -0.737. The van der Waals surface area contributed by atoms with E-state index in [0.29, 0.717) is 32.5 Å². The molecule has 5 nitrogen and oxygen atoms in total. The molecule has 1 fully saturated rings. The van der Waals surface area contributed by atoms with Gasteiger partial charge in [-0.1, -0.05) is 0 Å². The van der Waals surface area contributed by atoms with Gasteiger partial charge in [-0.25, -0.2) is 0 Å². The van der Waals surface area contributed by atoms with Crippen molar-refractivity contribution in [2.45, 2.75) is 12.8 Å². The fourth-order valence-corrected chi connectivity index (χ4v) is 2.53. The average Bonchev–Trinajstić information content (AvgIpc) is 2.36. The molecule has 1 N–H and O–H groups in total. The number of carboxylic acids is 1. The van der Waals surface area contributed by atoms with Gasteiger partial charge in [0, 0.05) is 25.4 Å². The standard InChI is InChI=1S/C12H22N2O3S/c1-13(7-8-18-2)9-11(15)14-5-3-10(4-6-14)12(16)17/h10H,3-9H2,1-2H3,(H,16,17). The van der Waals surface area contributed by atoms with Gasteiger partial charge in [-0.3, -0.25) is 14.5 Å². The van der Waals surface area contributed by atoms with Crippen LogP contribution in [0.3, 0.4) is 0 Å². The lowest BCUT2D eigenvalue weighted by Gasteiger charge is -2.31. The summed E-state index contributed by atoms with van der Waals surface area (Å²) in [7, 11) is 1.94. The minimum Gasteiger partial charge on any atom is -0.481 e. The number of hydrogen-bond acceptors (Lipinski definition) is 4. The van der Waals surface area contributed by atoms with Gasteiger partial charge in [0.15, 0.2) is 0 Å². The van der Waals surface area contributed by atoms with E-state index in [2.05, 4.69) is 0 Å². The first kappa shape index (κ1) is 15.3. The predicted octanol–water partition coefficient (Wildman–Crippen LogP) is 0.604. The zero-order chi connectivity index (χ0) is 13.5. The maximum Gasteiger partial charge on any atom is 0.306 e. The van der Waals surface area contributed by atoms with Crippen LogP contribution in [0.2, 0.25) is 0 Å². The highest BCUT2D eigenvalue weighted by atomic mass is 32.2. The molecular formula is C12H22N2O3S. The van der Waals surface area contributed by atoms with E-state index in [9.17, 15) is 9.59 Å². The van der Waals surface area contributed by atoms with Crippen LogP contribution in [0.4, 0.5) is 0 Å². The molecule has 0 aromatic heterocycles. The second-order valence-electron chi connectivity index (χ2n) is 4.72. The third-order valence-corrected chi connectivity index (χ3v) is 3.87. The van der Waals surface area contributed by atoms with Crippen LogP contribution in [0.15, 0.2) is 0 Å². The lowest BCUT2D eigenvalue weighted by Crippen LogP contribution is -2.44. The van der Waals surface area contributed by atoms with Crippen LogP contribution in [0, 0.1) is 5.92 Å². The summed E-state index contributed by atoms with van der Waals surface area (Å²) >= 11 is 1.76. The summed E-state index contributed by atoms with van der Waals surface area (Å²) in [6.07, 6.45) is 3.21. The maximum atomic E-state index is 12.0. The molecule has 104 valence electrons. The average molecular weight is 274 g/mol. The highest BCUT2D eigenvalue weighted by Crippen LogP contribution is 2.17. The molecule has 0 unspecified atom stereocenters. The molecule has 1 rings (SSSR count). The zero-order valence-corrected chi connectivity index (χ0v) is 11.9. The number of aliphatic carboxylic acids is 1. The van der Waals surface area contributed by atoms with Crippen LogP contribution in [0.5, 0.6) is 0 Å². The second-order valence-corrected chi connectivity index (χ2v) is 5.71. The van der Waals surface area contributed by atoms with E-state index < -0.39 is 5.97 Å². The summed E-state index contributed by atoms with van der Waals surface area (Å²) in [5.41, 5.74) is 0. The monoisotopic (exact) mass is 274 g/mol. The number of carbonyl (C=O) groups excluding carboxylic acids is 1. The van der Waals surface area contributed by atoms with Gasteiger partial charge in [0.05, 0.1) is 12.5 Å². The van der Waals surface area contributed by atoms with E-state index in [1.165, 1.54) is 0 Å². The van der Waals surface area contributed by atoms with Crippen LogP contribution in [0.1, 0.15) is 12.8 Å². The number of piperidine rings is 1. The Morgan fingerprint density at radius 2 is 2.00 bits per heavy atom. The fraction of sp³-hybridized carbons (Fsp3) is 0.833. The molecule has 0 aliphatic carbocycles. The van der Waals surface area contributed by atoms with Crippen molar-refractivity contribution in [2.24, 2.45) is 5.92 Å². The molecule has 18 heavy (non-hydrogen) atoms. The third-order valence-electron chi connectivity index (χ3n) is 3.28. The van der Waals surface area contributed by atoms with Gasteiger partial charge in [-0.05, 0) is 26.1 Å². The Hall–Kier alpha value is -0.750. The van der Waals surface area contributed by atoms with Crippen molar-refractivity contribution >= 4 is 23.6 Å². The topological polar surface area (TPSA) is 60.9 Å². The molecule has 1 heterocycles. The Morgan fingerprint density at radius 3 is 2.50 bits per heavy atom. The summed E-state index contributed by atoms with van der Waals surface area (Å²) in [5, 5.41) is 8.89. The number of thioether (sulfide) groups is 1. The molecule has 1 saturated heterocycles. The van der Waals surface area contributed by atoms with Crippen LogP contribution in [-0.4, -0.2) is 72.0 Å². The molecule has 0 atom stereocenters. The Morgan fingerprint density at radius 1 is 1.39 bits per heavy atom. The van der Waals surface area contributed by atoms with Gasteiger partial charge in [-0.2, -0.15) is 11.8 Å². The Bertz CT molecular complexity index is 291. The summed E-state index contributed by atoms with van der Waals surface area (Å²) in [4.78, 5) is 26.6. The van der Waals surface area contributed by atoms with Crippen molar-refractivity contribution in [3.63, 3.8) is 0 Å². The van der Waals surface area contributed by atoms with Crippen LogP contribution >= 0.6 is 11.8 Å². The number of carbonyl (C=O) groups is 2. The minimum absolute atomic E-state index is 0.113. The molecule has 0 spiro atoms. The summed E-state index contributed by atoms with van der Waals surface area (Å²) in [5.74, 6) is 0.120. The Balaban J connectivity index is 2.29. The molecule has 1 aliphatic rings. The molecule has 1 aliphatic heterocycles. The van der Waals surface area contributed by atoms with E-state index >= 15 is 0 Å². The number of likely N-dealkylation sites (tertiary alicyclic amines) is 1. The summed E-state index contributed by atoms with van der Waals surface area (Å²) in [6.45, 7) is 2.48. The first-order chi connectivity index (χ1) is 8.54.